The van der Waals surface area contributed by atoms with Crippen molar-refractivity contribution in [3.05, 3.63) is 82.8 Å². The minimum atomic E-state index is -0.0926. The van der Waals surface area contributed by atoms with Crippen molar-refractivity contribution in [1.82, 2.24) is 4.90 Å². The second-order valence-electron chi connectivity index (χ2n) is 7.42. The third kappa shape index (κ3) is 5.03. The molecule has 0 aliphatic carbocycles. The summed E-state index contributed by atoms with van der Waals surface area (Å²) in [4.78, 5) is 27.4. The van der Waals surface area contributed by atoms with Gasteiger partial charge in [-0.3, -0.25) is 14.5 Å². The lowest BCUT2D eigenvalue weighted by atomic mass is 10.1. The maximum atomic E-state index is 12.7. The Labute approximate surface area is 191 Å². The molecule has 1 aliphatic rings. The van der Waals surface area contributed by atoms with E-state index in [0.29, 0.717) is 28.6 Å². The molecule has 6 heteroatoms. The molecular formula is C25H22N2O2S2. The second-order valence-corrected chi connectivity index (χ2v) is 9.10. The standard InChI is InChI=1S/C25H22N2O2S2/c1-17-11-13-18(14-12-17)16-22-24(29)27(25(30)31-22)15-5-10-23(28)26-21-9-4-7-19-6-2-3-8-20(19)21/h2-4,6-9,11-14,16H,5,10,15H2,1H3,(H,26,28). The molecule has 1 aliphatic heterocycles. The van der Waals surface area contributed by atoms with Crippen LogP contribution in [0, 0.1) is 6.92 Å². The summed E-state index contributed by atoms with van der Waals surface area (Å²) in [5, 5.41) is 5.08. The summed E-state index contributed by atoms with van der Waals surface area (Å²) in [5.74, 6) is -0.165. The van der Waals surface area contributed by atoms with Crippen LogP contribution in [0.4, 0.5) is 5.69 Å². The zero-order valence-electron chi connectivity index (χ0n) is 17.1. The van der Waals surface area contributed by atoms with Crippen LogP contribution in [0.25, 0.3) is 16.8 Å². The van der Waals surface area contributed by atoms with E-state index in [1.165, 1.54) is 17.3 Å². The molecule has 0 radical (unpaired) electrons. The largest absolute Gasteiger partial charge is 0.326 e. The summed E-state index contributed by atoms with van der Waals surface area (Å²) in [6, 6.07) is 21.8. The van der Waals surface area contributed by atoms with Gasteiger partial charge in [0.05, 0.1) is 4.91 Å². The number of aryl methyl sites for hydroxylation is 1. The van der Waals surface area contributed by atoms with E-state index in [1.54, 1.807) is 4.90 Å². The summed E-state index contributed by atoms with van der Waals surface area (Å²) < 4.78 is 0.540. The summed E-state index contributed by atoms with van der Waals surface area (Å²) in [7, 11) is 0. The SMILES string of the molecule is Cc1ccc(C=C2SC(=S)N(CCCC(=O)Nc3cccc4ccccc34)C2=O)cc1. The molecule has 4 nitrogen and oxygen atoms in total. The average molecular weight is 447 g/mol. The Hall–Kier alpha value is -2.96. The molecule has 0 spiro atoms. The van der Waals surface area contributed by atoms with E-state index in [1.807, 2.05) is 79.7 Å². The van der Waals surface area contributed by atoms with E-state index < -0.39 is 0 Å². The number of rotatable bonds is 6. The number of anilines is 1. The van der Waals surface area contributed by atoms with E-state index in [4.69, 9.17) is 12.2 Å². The van der Waals surface area contributed by atoms with Gasteiger partial charge in [0.2, 0.25) is 5.91 Å². The van der Waals surface area contributed by atoms with Gasteiger partial charge >= 0.3 is 0 Å². The van der Waals surface area contributed by atoms with Crippen LogP contribution >= 0.6 is 24.0 Å². The van der Waals surface area contributed by atoms with E-state index in [9.17, 15) is 9.59 Å². The van der Waals surface area contributed by atoms with Gasteiger partial charge in [-0.05, 0) is 36.4 Å². The summed E-state index contributed by atoms with van der Waals surface area (Å²) in [6.07, 6.45) is 2.73. The lowest BCUT2D eigenvalue weighted by Gasteiger charge is -2.14. The van der Waals surface area contributed by atoms with Crippen molar-refractivity contribution in [3.63, 3.8) is 0 Å². The number of thioether (sulfide) groups is 1. The minimum Gasteiger partial charge on any atom is -0.326 e. The van der Waals surface area contributed by atoms with Crippen LogP contribution in [-0.4, -0.2) is 27.6 Å². The maximum absolute atomic E-state index is 12.7. The molecule has 0 saturated carbocycles. The second kappa shape index (κ2) is 9.45. The van der Waals surface area contributed by atoms with Gasteiger partial charge in [-0.2, -0.15) is 0 Å². The fourth-order valence-electron chi connectivity index (χ4n) is 3.45. The molecule has 1 heterocycles. The molecule has 0 bridgehead atoms. The number of nitrogens with one attached hydrogen (secondary N) is 1. The summed E-state index contributed by atoms with van der Waals surface area (Å²) >= 11 is 6.71. The van der Waals surface area contributed by atoms with E-state index in [0.717, 1.165) is 22.0 Å². The van der Waals surface area contributed by atoms with Crippen molar-refractivity contribution in [3.8, 4) is 0 Å². The van der Waals surface area contributed by atoms with Gasteiger partial charge in [0.25, 0.3) is 5.91 Å². The van der Waals surface area contributed by atoms with Gasteiger partial charge in [0.1, 0.15) is 4.32 Å². The molecule has 0 atom stereocenters. The predicted octanol–water partition coefficient (Wildman–Crippen LogP) is 5.77. The Morgan fingerprint density at radius 2 is 1.81 bits per heavy atom. The number of benzene rings is 3. The topological polar surface area (TPSA) is 49.4 Å². The van der Waals surface area contributed by atoms with Gasteiger partial charge in [-0.15, -0.1) is 0 Å². The van der Waals surface area contributed by atoms with Crippen molar-refractivity contribution in [1.29, 1.82) is 0 Å². The average Bonchev–Trinajstić information content (AvgIpc) is 3.03. The highest BCUT2D eigenvalue weighted by molar-refractivity contribution is 8.26. The normalized spacial score (nSPS) is 15.1. The first kappa shape index (κ1) is 21.3. The third-order valence-corrected chi connectivity index (χ3v) is 6.48. The quantitative estimate of drug-likeness (QED) is 0.386. The monoisotopic (exact) mass is 446 g/mol. The number of carbonyl (C=O) groups is 2. The van der Waals surface area contributed by atoms with Crippen LogP contribution in [-0.2, 0) is 9.59 Å². The van der Waals surface area contributed by atoms with Crippen LogP contribution in [0.1, 0.15) is 24.0 Å². The Kier molecular flexibility index (Phi) is 6.49. The number of hydrogen-bond donors (Lipinski definition) is 1. The third-order valence-electron chi connectivity index (χ3n) is 5.10. The van der Waals surface area contributed by atoms with Gasteiger partial charge < -0.3 is 5.32 Å². The zero-order chi connectivity index (χ0) is 21.8. The van der Waals surface area contributed by atoms with Crippen molar-refractivity contribution in [2.75, 3.05) is 11.9 Å². The Balaban J connectivity index is 1.33. The van der Waals surface area contributed by atoms with Crippen LogP contribution in [0.2, 0.25) is 0 Å². The first-order valence-corrected chi connectivity index (χ1v) is 11.3. The van der Waals surface area contributed by atoms with Crippen LogP contribution in [0.5, 0.6) is 0 Å². The van der Waals surface area contributed by atoms with Gasteiger partial charge in [0, 0.05) is 24.0 Å². The lowest BCUT2D eigenvalue weighted by molar-refractivity contribution is -0.122. The highest BCUT2D eigenvalue weighted by Gasteiger charge is 2.31. The van der Waals surface area contributed by atoms with Gasteiger partial charge in [-0.1, -0.05) is 90.2 Å². The van der Waals surface area contributed by atoms with Crippen molar-refractivity contribution in [2.24, 2.45) is 0 Å². The fraction of sp³-hybridized carbons (Fsp3) is 0.160. The van der Waals surface area contributed by atoms with Crippen molar-refractivity contribution in [2.45, 2.75) is 19.8 Å². The maximum Gasteiger partial charge on any atom is 0.266 e. The van der Waals surface area contributed by atoms with E-state index >= 15 is 0 Å². The minimum absolute atomic E-state index is 0.0722. The Morgan fingerprint density at radius 3 is 2.61 bits per heavy atom. The number of fused-ring (bicyclic) bond motifs is 1. The summed E-state index contributed by atoms with van der Waals surface area (Å²) in [6.45, 7) is 2.46. The van der Waals surface area contributed by atoms with Crippen LogP contribution in [0.15, 0.2) is 71.6 Å². The van der Waals surface area contributed by atoms with E-state index in [-0.39, 0.29) is 11.8 Å². The number of thiocarbonyl (C=S) groups is 1. The highest BCUT2D eigenvalue weighted by atomic mass is 32.2. The van der Waals surface area contributed by atoms with Crippen molar-refractivity contribution >= 4 is 62.7 Å². The predicted molar refractivity (Wildman–Crippen MR) is 133 cm³/mol. The molecular weight excluding hydrogens is 424 g/mol. The molecule has 0 aromatic heterocycles. The summed E-state index contributed by atoms with van der Waals surface area (Å²) in [5.41, 5.74) is 2.95. The fourth-order valence-corrected chi connectivity index (χ4v) is 4.76. The van der Waals surface area contributed by atoms with Crippen LogP contribution < -0.4 is 5.32 Å². The number of hydrogen-bond acceptors (Lipinski definition) is 4. The molecule has 1 saturated heterocycles. The Morgan fingerprint density at radius 1 is 1.06 bits per heavy atom. The molecule has 3 aromatic carbocycles. The van der Waals surface area contributed by atoms with Gasteiger partial charge in [0.15, 0.2) is 0 Å². The van der Waals surface area contributed by atoms with Crippen LogP contribution in [0.3, 0.4) is 0 Å². The molecule has 2 amide bonds. The first-order chi connectivity index (χ1) is 15.0. The molecule has 31 heavy (non-hydrogen) atoms. The molecule has 1 fully saturated rings. The molecule has 1 N–H and O–H groups in total. The number of carbonyl (C=O) groups excluding carboxylic acids is 2. The molecule has 156 valence electrons. The smallest absolute Gasteiger partial charge is 0.266 e. The molecule has 0 unspecified atom stereocenters. The lowest BCUT2D eigenvalue weighted by Crippen LogP contribution is -2.29. The van der Waals surface area contributed by atoms with Gasteiger partial charge in [-0.25, -0.2) is 0 Å². The molecule has 4 rings (SSSR count). The number of amides is 2. The first-order valence-electron chi connectivity index (χ1n) is 10.1. The number of nitrogens with zero attached hydrogens (tertiary/aromatic N) is 1. The highest BCUT2D eigenvalue weighted by Crippen LogP contribution is 2.32. The van der Waals surface area contributed by atoms with E-state index in [2.05, 4.69) is 5.32 Å². The molecule has 3 aromatic rings. The Bertz CT molecular complexity index is 1180. The zero-order valence-corrected chi connectivity index (χ0v) is 18.8. The van der Waals surface area contributed by atoms with Crippen molar-refractivity contribution < 1.29 is 9.59 Å².